The molecule has 1 fully saturated rings. The summed E-state index contributed by atoms with van der Waals surface area (Å²) in [5, 5.41) is 3.29. The van der Waals surface area contributed by atoms with Gasteiger partial charge in [-0.15, -0.1) is 11.3 Å². The van der Waals surface area contributed by atoms with Gasteiger partial charge in [0.25, 0.3) is 5.91 Å². The number of thiophene rings is 1. The molecule has 3 heterocycles. The van der Waals surface area contributed by atoms with Crippen LogP contribution in [-0.2, 0) is 4.74 Å². The van der Waals surface area contributed by atoms with Crippen molar-refractivity contribution >= 4 is 34.9 Å². The normalized spacial score (nSPS) is 16.9. The number of likely N-dealkylation sites (tertiary alicyclic amines) is 1. The van der Waals surface area contributed by atoms with Crippen molar-refractivity contribution < 1.29 is 14.3 Å². The maximum absolute atomic E-state index is 13.0. The first-order valence-corrected chi connectivity index (χ1v) is 10.3. The Morgan fingerprint density at radius 1 is 1.36 bits per heavy atom. The van der Waals surface area contributed by atoms with E-state index in [1.807, 2.05) is 39.8 Å². The number of ether oxygens (including phenoxy) is 1. The van der Waals surface area contributed by atoms with Gasteiger partial charge >= 0.3 is 6.09 Å². The predicted molar refractivity (Wildman–Crippen MR) is 111 cm³/mol. The van der Waals surface area contributed by atoms with Crippen molar-refractivity contribution in [1.82, 2.24) is 15.2 Å². The summed E-state index contributed by atoms with van der Waals surface area (Å²) < 4.78 is 5.29. The minimum atomic E-state index is -0.542. The number of amides is 2. The number of alkyl carbamates (subject to hydrolysis) is 1. The van der Waals surface area contributed by atoms with Gasteiger partial charge < -0.3 is 15.0 Å². The van der Waals surface area contributed by atoms with E-state index in [9.17, 15) is 9.59 Å². The number of halogens is 1. The highest BCUT2D eigenvalue weighted by atomic mass is 35.5. The van der Waals surface area contributed by atoms with Crippen molar-refractivity contribution in [3.05, 3.63) is 40.0 Å². The van der Waals surface area contributed by atoms with Crippen LogP contribution in [0.3, 0.4) is 0 Å². The Balaban J connectivity index is 1.65. The van der Waals surface area contributed by atoms with Crippen LogP contribution in [-0.4, -0.2) is 46.6 Å². The largest absolute Gasteiger partial charge is 0.444 e. The van der Waals surface area contributed by atoms with E-state index in [1.165, 1.54) is 11.3 Å². The summed E-state index contributed by atoms with van der Waals surface area (Å²) in [6.07, 6.45) is 1.97. The van der Waals surface area contributed by atoms with Gasteiger partial charge in [0, 0.05) is 29.7 Å². The number of aromatic nitrogens is 1. The standard InChI is InChI=1S/C20H24ClN3O3S/c1-12-9-15(13-5-6-16(21)22-10-13)28-17(12)18(25)24-8-7-14(11-24)23-19(26)27-20(2,3)4/h5-6,9-10,14H,7-8,11H2,1-4H3,(H,23,26)/t14-/m0/s1. The van der Waals surface area contributed by atoms with Crippen molar-refractivity contribution in [2.24, 2.45) is 0 Å². The van der Waals surface area contributed by atoms with Gasteiger partial charge in [-0.05, 0) is 57.9 Å². The molecule has 3 rings (SSSR count). The molecular formula is C20H24ClN3O3S. The van der Waals surface area contributed by atoms with Crippen LogP contribution in [0.1, 0.15) is 42.4 Å². The summed E-state index contributed by atoms with van der Waals surface area (Å²) in [7, 11) is 0. The first kappa shape index (κ1) is 20.6. The lowest BCUT2D eigenvalue weighted by Gasteiger charge is -2.22. The maximum Gasteiger partial charge on any atom is 0.407 e. The molecule has 2 amide bonds. The van der Waals surface area contributed by atoms with Gasteiger partial charge in [-0.2, -0.15) is 0 Å². The lowest BCUT2D eigenvalue weighted by atomic mass is 10.2. The third-order valence-corrected chi connectivity index (χ3v) is 5.82. The van der Waals surface area contributed by atoms with E-state index < -0.39 is 11.7 Å². The topological polar surface area (TPSA) is 71.5 Å². The molecule has 0 aliphatic carbocycles. The Labute approximate surface area is 173 Å². The summed E-state index contributed by atoms with van der Waals surface area (Å²) in [6, 6.07) is 5.53. The molecule has 0 aromatic carbocycles. The minimum Gasteiger partial charge on any atom is -0.444 e. The van der Waals surface area contributed by atoms with Crippen molar-refractivity contribution in [3.8, 4) is 10.4 Å². The Morgan fingerprint density at radius 3 is 2.75 bits per heavy atom. The van der Waals surface area contributed by atoms with Crippen LogP contribution < -0.4 is 5.32 Å². The first-order valence-electron chi connectivity index (χ1n) is 9.13. The van der Waals surface area contributed by atoms with Gasteiger partial charge in [0.2, 0.25) is 0 Å². The second-order valence-electron chi connectivity index (χ2n) is 7.88. The number of carbonyl (C=O) groups excluding carboxylic acids is 2. The fourth-order valence-electron chi connectivity index (χ4n) is 3.04. The number of hydrogen-bond acceptors (Lipinski definition) is 5. The smallest absolute Gasteiger partial charge is 0.407 e. The molecule has 0 bridgehead atoms. The van der Waals surface area contributed by atoms with E-state index in [1.54, 1.807) is 17.2 Å². The molecule has 0 spiro atoms. The SMILES string of the molecule is Cc1cc(-c2ccc(Cl)nc2)sc1C(=O)N1CC[C@H](NC(=O)OC(C)(C)C)C1. The summed E-state index contributed by atoms with van der Waals surface area (Å²) in [5.74, 6) is -0.0100. The van der Waals surface area contributed by atoms with Crippen LogP contribution >= 0.6 is 22.9 Å². The van der Waals surface area contributed by atoms with Gasteiger partial charge in [-0.25, -0.2) is 9.78 Å². The quantitative estimate of drug-likeness (QED) is 0.740. The molecule has 0 saturated carbocycles. The molecule has 6 nitrogen and oxygen atoms in total. The molecule has 2 aromatic rings. The van der Waals surface area contributed by atoms with Gasteiger partial charge in [0.15, 0.2) is 0 Å². The van der Waals surface area contributed by atoms with Crippen molar-refractivity contribution in [2.45, 2.75) is 45.8 Å². The molecule has 2 aromatic heterocycles. The molecule has 28 heavy (non-hydrogen) atoms. The minimum absolute atomic E-state index is 0.0100. The molecule has 0 unspecified atom stereocenters. The molecule has 150 valence electrons. The summed E-state index contributed by atoms with van der Waals surface area (Å²) in [5.41, 5.74) is 1.32. The van der Waals surface area contributed by atoms with Crippen molar-refractivity contribution in [2.75, 3.05) is 13.1 Å². The number of aryl methyl sites for hydroxylation is 1. The maximum atomic E-state index is 13.0. The average Bonchev–Trinajstić information content (AvgIpc) is 3.20. The van der Waals surface area contributed by atoms with Crippen LogP contribution in [0.5, 0.6) is 0 Å². The monoisotopic (exact) mass is 421 g/mol. The third-order valence-electron chi connectivity index (χ3n) is 4.32. The summed E-state index contributed by atoms with van der Waals surface area (Å²) in [4.78, 5) is 32.5. The third kappa shape index (κ3) is 5.02. The molecule has 1 saturated heterocycles. The second-order valence-corrected chi connectivity index (χ2v) is 9.31. The van der Waals surface area contributed by atoms with E-state index in [0.717, 1.165) is 16.0 Å². The zero-order valence-corrected chi connectivity index (χ0v) is 18.0. The second kappa shape index (κ2) is 8.09. The number of hydrogen-bond donors (Lipinski definition) is 1. The van der Waals surface area contributed by atoms with Gasteiger partial charge in [-0.1, -0.05) is 11.6 Å². The fraction of sp³-hybridized carbons (Fsp3) is 0.450. The zero-order chi connectivity index (χ0) is 20.5. The van der Waals surface area contributed by atoms with Crippen molar-refractivity contribution in [3.63, 3.8) is 0 Å². The number of nitrogens with zero attached hydrogens (tertiary/aromatic N) is 2. The number of carbonyl (C=O) groups is 2. The lowest BCUT2D eigenvalue weighted by molar-refractivity contribution is 0.0502. The Morgan fingerprint density at radius 2 is 2.11 bits per heavy atom. The molecule has 0 radical (unpaired) electrons. The highest BCUT2D eigenvalue weighted by Crippen LogP contribution is 2.32. The van der Waals surface area contributed by atoms with Gasteiger partial charge in [-0.3, -0.25) is 4.79 Å². The van der Waals surface area contributed by atoms with E-state index in [-0.39, 0.29) is 11.9 Å². The van der Waals surface area contributed by atoms with Crippen LogP contribution in [0.2, 0.25) is 5.15 Å². The molecule has 1 N–H and O–H groups in total. The van der Waals surface area contributed by atoms with Crippen molar-refractivity contribution in [1.29, 1.82) is 0 Å². The first-order chi connectivity index (χ1) is 13.1. The summed E-state index contributed by atoms with van der Waals surface area (Å²) in [6.45, 7) is 8.49. The number of pyridine rings is 1. The van der Waals surface area contributed by atoms with E-state index in [2.05, 4.69) is 10.3 Å². The van der Waals surface area contributed by atoms with Crippen LogP contribution in [0, 0.1) is 6.92 Å². The fourth-order valence-corrected chi connectivity index (χ4v) is 4.28. The molecule has 1 atom stereocenters. The average molecular weight is 422 g/mol. The summed E-state index contributed by atoms with van der Waals surface area (Å²) >= 11 is 7.30. The Bertz CT molecular complexity index is 874. The van der Waals surface area contributed by atoms with Gasteiger partial charge in [0.1, 0.15) is 10.8 Å². The highest BCUT2D eigenvalue weighted by Gasteiger charge is 2.30. The zero-order valence-electron chi connectivity index (χ0n) is 16.4. The molecule has 1 aliphatic heterocycles. The molecule has 1 aliphatic rings. The van der Waals surface area contributed by atoms with Crippen LogP contribution in [0.15, 0.2) is 24.4 Å². The lowest BCUT2D eigenvalue weighted by Crippen LogP contribution is -2.41. The Kier molecular flexibility index (Phi) is 5.95. The number of rotatable bonds is 3. The molecule has 8 heteroatoms. The van der Waals surface area contributed by atoms with Crippen LogP contribution in [0.4, 0.5) is 4.79 Å². The van der Waals surface area contributed by atoms with Crippen LogP contribution in [0.25, 0.3) is 10.4 Å². The predicted octanol–water partition coefficient (Wildman–Crippen LogP) is 4.51. The number of nitrogens with one attached hydrogen (secondary N) is 1. The van der Waals surface area contributed by atoms with E-state index in [4.69, 9.17) is 16.3 Å². The molecular weight excluding hydrogens is 398 g/mol. The Hall–Kier alpha value is -2.12. The highest BCUT2D eigenvalue weighted by molar-refractivity contribution is 7.17. The van der Waals surface area contributed by atoms with E-state index >= 15 is 0 Å². The van der Waals surface area contributed by atoms with Gasteiger partial charge in [0.05, 0.1) is 10.9 Å². The van der Waals surface area contributed by atoms with E-state index in [0.29, 0.717) is 29.5 Å².